The number of hydrogen-bond donors (Lipinski definition) is 1. The van der Waals surface area contributed by atoms with Gasteiger partial charge in [-0.05, 0) is 31.4 Å². The van der Waals surface area contributed by atoms with Gasteiger partial charge in [0, 0.05) is 31.1 Å². The van der Waals surface area contributed by atoms with E-state index in [-0.39, 0.29) is 36.4 Å². The van der Waals surface area contributed by atoms with Crippen LogP contribution in [0.4, 0.5) is 0 Å². The molecule has 1 N–H and O–H groups in total. The summed E-state index contributed by atoms with van der Waals surface area (Å²) in [5.41, 5.74) is 0. The number of carbonyl (C=O) groups is 1. The summed E-state index contributed by atoms with van der Waals surface area (Å²) in [5.74, 6) is 0.846. The minimum absolute atomic E-state index is 0.0494. The molecule has 6 rings (SSSR count). The van der Waals surface area contributed by atoms with Gasteiger partial charge in [0.1, 0.15) is 26.0 Å². The number of amides is 1. The molecule has 2 aromatic carbocycles. The molecule has 10 heteroatoms. The van der Waals surface area contributed by atoms with Crippen LogP contribution in [-0.2, 0) is 18.6 Å². The van der Waals surface area contributed by atoms with Crippen LogP contribution in [0.1, 0.15) is 46.5 Å². The molecule has 1 amide bonds. The first-order valence-corrected chi connectivity index (χ1v) is 19.8. The lowest BCUT2D eigenvalue weighted by Gasteiger charge is -2.32. The SMILES string of the molecule is C=C1N=C(NC(=O)C(C)C)C=CN1[C@H]1CC(O[P@@]2O[C@H](C[Si](C)(c3ccccc3)c3ccccc3)[C@@H]3CCCN32)[C@@H](CC)O1. The maximum Gasteiger partial charge on any atom is 0.259 e. The highest BCUT2D eigenvalue weighted by Gasteiger charge is 2.52. The second-order valence-electron chi connectivity index (χ2n) is 12.7. The zero-order valence-corrected chi connectivity index (χ0v) is 28.2. The maximum atomic E-state index is 12.1. The van der Waals surface area contributed by atoms with E-state index in [0.717, 1.165) is 25.4 Å². The number of nitrogens with one attached hydrogen (secondary N) is 1. The predicted molar refractivity (Wildman–Crippen MR) is 179 cm³/mol. The molecule has 3 saturated heterocycles. The summed E-state index contributed by atoms with van der Waals surface area (Å²) in [7, 11) is -3.26. The average molecular weight is 633 g/mol. The molecule has 0 saturated carbocycles. The Morgan fingerprint density at radius 1 is 1.14 bits per heavy atom. The summed E-state index contributed by atoms with van der Waals surface area (Å²) in [5, 5.41) is 5.74. The van der Waals surface area contributed by atoms with Gasteiger partial charge in [-0.15, -0.1) is 0 Å². The van der Waals surface area contributed by atoms with Crippen molar-refractivity contribution in [2.75, 3.05) is 6.54 Å². The Morgan fingerprint density at radius 3 is 2.43 bits per heavy atom. The van der Waals surface area contributed by atoms with Crippen LogP contribution in [0, 0.1) is 5.92 Å². The normalized spacial score (nSPS) is 28.9. The third-order valence-corrected chi connectivity index (χ3v) is 15.7. The Kier molecular flexibility index (Phi) is 9.52. The van der Waals surface area contributed by atoms with Gasteiger partial charge < -0.3 is 24.0 Å². The second-order valence-corrected chi connectivity index (χ2v) is 18.4. The number of nitrogens with zero attached hydrogens (tertiary/aromatic N) is 3. The third-order valence-electron chi connectivity index (χ3n) is 9.40. The zero-order chi connectivity index (χ0) is 30.8. The first kappa shape index (κ1) is 31.3. The predicted octanol–water partition coefficient (Wildman–Crippen LogP) is 5.35. The largest absolute Gasteiger partial charge is 0.352 e. The highest BCUT2D eigenvalue weighted by atomic mass is 31.2. The minimum atomic E-state index is -2.07. The monoisotopic (exact) mass is 632 g/mol. The zero-order valence-electron chi connectivity index (χ0n) is 26.3. The number of aliphatic imine (C=N–C) groups is 1. The van der Waals surface area contributed by atoms with Crippen LogP contribution in [0.15, 0.2) is 90.3 Å². The van der Waals surface area contributed by atoms with Crippen LogP contribution in [0.25, 0.3) is 0 Å². The van der Waals surface area contributed by atoms with E-state index in [2.05, 4.69) is 95.7 Å². The number of rotatable bonds is 9. The number of carbonyl (C=O) groups excluding carboxylic acids is 1. The number of hydrogen-bond acceptors (Lipinski definition) is 7. The van der Waals surface area contributed by atoms with Crippen LogP contribution in [0.2, 0.25) is 12.6 Å². The number of ether oxygens (including phenoxy) is 1. The van der Waals surface area contributed by atoms with Crippen molar-refractivity contribution < 1.29 is 18.6 Å². The first-order chi connectivity index (χ1) is 21.3. The molecule has 0 aromatic heterocycles. The number of benzene rings is 2. The van der Waals surface area contributed by atoms with Crippen LogP contribution in [-0.4, -0.2) is 66.5 Å². The fourth-order valence-electron chi connectivity index (χ4n) is 6.81. The van der Waals surface area contributed by atoms with E-state index < -0.39 is 16.6 Å². The smallest absolute Gasteiger partial charge is 0.259 e. The Bertz CT molecular complexity index is 1350. The van der Waals surface area contributed by atoms with E-state index in [9.17, 15) is 4.79 Å². The standard InChI is InChI=1S/C34H45N4O4PSi/c1-6-29-30(22-33(40-29)37-21-19-32(35-25(37)4)36-34(39)24(2)3)41-43-38-20-13-18-28(38)31(42-43)23-44(5,26-14-9-7-10-15-26)27-16-11-8-12-17-27/h7-12,14-17,19,21,24,28-31,33H,4,6,13,18,20,22-23H2,1-3,5H3,(H,35,36,39)/t28-,29+,30?,31+,33+,43-/m0/s1. The van der Waals surface area contributed by atoms with E-state index in [4.69, 9.17) is 13.8 Å². The van der Waals surface area contributed by atoms with E-state index in [0.29, 0.717) is 24.1 Å². The molecule has 8 nitrogen and oxygen atoms in total. The Labute approximate surface area is 264 Å². The van der Waals surface area contributed by atoms with Gasteiger partial charge in [-0.3, -0.25) is 4.79 Å². The van der Waals surface area contributed by atoms with E-state index in [1.807, 2.05) is 24.9 Å². The molecule has 6 atom stereocenters. The van der Waals surface area contributed by atoms with Gasteiger partial charge in [0.2, 0.25) is 5.91 Å². The maximum absolute atomic E-state index is 12.1. The molecule has 0 bridgehead atoms. The van der Waals surface area contributed by atoms with Crippen LogP contribution >= 0.6 is 8.53 Å². The Hall–Kier alpha value is -2.65. The summed E-state index contributed by atoms with van der Waals surface area (Å²) >= 11 is 0. The molecule has 3 fully saturated rings. The minimum Gasteiger partial charge on any atom is -0.352 e. The molecular weight excluding hydrogens is 587 g/mol. The van der Waals surface area contributed by atoms with Gasteiger partial charge in [-0.2, -0.15) is 0 Å². The van der Waals surface area contributed by atoms with Gasteiger partial charge in [-0.25, -0.2) is 9.66 Å². The van der Waals surface area contributed by atoms with E-state index in [1.165, 1.54) is 16.8 Å². The topological polar surface area (TPSA) is 75.6 Å². The van der Waals surface area contributed by atoms with Crippen molar-refractivity contribution in [1.29, 1.82) is 0 Å². The highest BCUT2D eigenvalue weighted by Crippen LogP contribution is 2.58. The van der Waals surface area contributed by atoms with Crippen molar-refractivity contribution in [3.05, 3.63) is 85.3 Å². The number of amidine groups is 1. The molecule has 234 valence electrons. The Balaban J connectivity index is 1.15. The molecule has 0 radical (unpaired) electrons. The lowest BCUT2D eigenvalue weighted by atomic mass is 10.1. The highest BCUT2D eigenvalue weighted by molar-refractivity contribution is 7.45. The van der Waals surface area contributed by atoms with Crippen molar-refractivity contribution in [2.45, 2.75) is 89.6 Å². The third kappa shape index (κ3) is 6.36. The van der Waals surface area contributed by atoms with Crippen LogP contribution < -0.4 is 15.7 Å². The summed E-state index contributed by atoms with van der Waals surface area (Å²) in [6.07, 6.45) is 7.31. The second kappa shape index (κ2) is 13.4. The van der Waals surface area contributed by atoms with Crippen molar-refractivity contribution in [2.24, 2.45) is 10.9 Å². The molecule has 0 aliphatic carbocycles. The molecule has 4 aliphatic heterocycles. The Morgan fingerprint density at radius 2 is 1.82 bits per heavy atom. The number of fused-ring (bicyclic) bond motifs is 1. The first-order valence-electron chi connectivity index (χ1n) is 16.0. The molecular formula is C34H45N4O4PSi. The molecule has 0 spiro atoms. The van der Waals surface area contributed by atoms with Crippen molar-refractivity contribution >= 4 is 38.7 Å². The van der Waals surface area contributed by atoms with E-state index >= 15 is 0 Å². The van der Waals surface area contributed by atoms with E-state index in [1.54, 1.807) is 6.08 Å². The van der Waals surface area contributed by atoms with Crippen molar-refractivity contribution in [3.8, 4) is 0 Å². The van der Waals surface area contributed by atoms with Crippen LogP contribution in [0.3, 0.4) is 0 Å². The molecule has 1 unspecified atom stereocenters. The van der Waals surface area contributed by atoms with Crippen molar-refractivity contribution in [3.63, 3.8) is 0 Å². The summed E-state index contributed by atoms with van der Waals surface area (Å²) < 4.78 is 22.8. The van der Waals surface area contributed by atoms with Gasteiger partial charge in [0.25, 0.3) is 8.53 Å². The van der Waals surface area contributed by atoms with Gasteiger partial charge in [0.05, 0.1) is 18.3 Å². The quantitative estimate of drug-likeness (QED) is 0.297. The van der Waals surface area contributed by atoms with Gasteiger partial charge >= 0.3 is 0 Å². The lowest BCUT2D eigenvalue weighted by Crippen LogP contribution is -2.58. The average Bonchev–Trinajstić information content (AvgIpc) is 3.75. The molecule has 4 aliphatic rings. The van der Waals surface area contributed by atoms with Crippen molar-refractivity contribution in [1.82, 2.24) is 14.9 Å². The fourth-order valence-corrected chi connectivity index (χ4v) is 12.8. The van der Waals surface area contributed by atoms with Gasteiger partial charge in [-0.1, -0.05) is 105 Å². The summed E-state index contributed by atoms with van der Waals surface area (Å²) in [6.45, 7) is 13.5. The molecule has 44 heavy (non-hydrogen) atoms. The molecule has 2 aromatic rings. The molecule has 4 heterocycles. The lowest BCUT2D eigenvalue weighted by molar-refractivity contribution is -0.122. The fraction of sp³-hybridized carbons (Fsp3) is 0.471. The van der Waals surface area contributed by atoms with Crippen LogP contribution in [0.5, 0.6) is 0 Å². The summed E-state index contributed by atoms with van der Waals surface area (Å²) in [4.78, 5) is 18.6. The van der Waals surface area contributed by atoms with Gasteiger partial charge in [0.15, 0.2) is 0 Å². The summed E-state index contributed by atoms with van der Waals surface area (Å²) in [6, 6.07) is 23.5.